The van der Waals surface area contributed by atoms with Crippen LogP contribution in [0.2, 0.25) is 0 Å². The summed E-state index contributed by atoms with van der Waals surface area (Å²) in [6, 6.07) is 13.5. The molecule has 0 amide bonds. The molecule has 7 nitrogen and oxygen atoms in total. The molecule has 1 atom stereocenters. The van der Waals surface area contributed by atoms with E-state index < -0.39 is 5.92 Å². The van der Waals surface area contributed by atoms with E-state index in [0.29, 0.717) is 11.0 Å². The van der Waals surface area contributed by atoms with Crippen LogP contribution in [-0.2, 0) is 0 Å². The van der Waals surface area contributed by atoms with Gasteiger partial charge in [-0.15, -0.1) is 0 Å². The van der Waals surface area contributed by atoms with E-state index in [1.165, 1.54) is 0 Å². The van der Waals surface area contributed by atoms with E-state index in [9.17, 15) is 4.79 Å². The van der Waals surface area contributed by atoms with Crippen LogP contribution in [0.1, 0.15) is 40.5 Å². The van der Waals surface area contributed by atoms with Gasteiger partial charge in [-0.1, -0.05) is 6.07 Å². The van der Waals surface area contributed by atoms with E-state index in [0.717, 1.165) is 39.2 Å². The number of ketones is 1. The Bertz CT molecular complexity index is 1410. The first-order valence-electron chi connectivity index (χ1n) is 9.78. The van der Waals surface area contributed by atoms with Crippen molar-refractivity contribution in [3.8, 4) is 11.3 Å². The van der Waals surface area contributed by atoms with E-state index in [2.05, 4.69) is 30.1 Å². The summed E-state index contributed by atoms with van der Waals surface area (Å²) in [6.07, 6.45) is 1.79. The third-order valence-electron chi connectivity index (χ3n) is 5.31. The first-order chi connectivity index (χ1) is 14.5. The van der Waals surface area contributed by atoms with Crippen molar-refractivity contribution in [3.05, 3.63) is 71.6 Å². The fraction of sp³-hybridized carbons (Fsp3) is 0.174. The van der Waals surface area contributed by atoms with Gasteiger partial charge in [-0.3, -0.25) is 19.9 Å². The number of nitrogens with zero attached hydrogens (tertiary/aromatic N) is 4. The number of carbonyl (C=O) groups is 1. The van der Waals surface area contributed by atoms with Gasteiger partial charge in [0, 0.05) is 28.5 Å². The van der Waals surface area contributed by atoms with Crippen LogP contribution in [0.25, 0.3) is 33.2 Å². The van der Waals surface area contributed by atoms with Gasteiger partial charge in [0.2, 0.25) is 5.78 Å². The molecule has 0 fully saturated rings. The SMILES string of the molecule is Cc1cc(-c2[nH][nH]c3cc4nc(C(=O)[C@H](C)c5cccc(C)n5)nc4cc23)ccn1. The highest BCUT2D eigenvalue weighted by atomic mass is 16.1. The lowest BCUT2D eigenvalue weighted by Crippen LogP contribution is -2.13. The molecule has 4 aromatic heterocycles. The summed E-state index contributed by atoms with van der Waals surface area (Å²) in [6.45, 7) is 5.71. The highest BCUT2D eigenvalue weighted by molar-refractivity contribution is 6.04. The molecule has 1 aromatic carbocycles. The van der Waals surface area contributed by atoms with Crippen LogP contribution in [0.5, 0.6) is 0 Å². The molecule has 2 N–H and O–H groups in total. The van der Waals surface area contributed by atoms with Crippen LogP contribution in [0.3, 0.4) is 0 Å². The number of H-pyrrole nitrogens is 2. The Hall–Kier alpha value is -3.87. The number of nitrogens with one attached hydrogen (secondary N) is 2. The maximum absolute atomic E-state index is 13.0. The number of hydrogen-bond acceptors (Lipinski definition) is 5. The Morgan fingerprint density at radius 1 is 0.933 bits per heavy atom. The number of imidazole rings is 1. The van der Waals surface area contributed by atoms with Gasteiger partial charge in [0.25, 0.3) is 0 Å². The molecule has 5 aromatic rings. The number of aromatic nitrogens is 6. The zero-order chi connectivity index (χ0) is 20.8. The van der Waals surface area contributed by atoms with Gasteiger partial charge in [0.05, 0.1) is 33.9 Å². The lowest BCUT2D eigenvalue weighted by molar-refractivity contribution is 0.0955. The number of benzene rings is 1. The number of Topliss-reactive ketones (excluding diaryl/α,β-unsaturated/α-hetero) is 1. The number of rotatable bonds is 4. The summed E-state index contributed by atoms with van der Waals surface area (Å²) in [5.74, 6) is -0.321. The lowest BCUT2D eigenvalue weighted by atomic mass is 10.0. The molecular formula is C23H20N6O. The van der Waals surface area contributed by atoms with Crippen molar-refractivity contribution < 1.29 is 4.79 Å². The highest BCUT2D eigenvalue weighted by Crippen LogP contribution is 2.30. The Morgan fingerprint density at radius 3 is 2.50 bits per heavy atom. The van der Waals surface area contributed by atoms with Crippen molar-refractivity contribution in [1.82, 2.24) is 30.1 Å². The molecule has 30 heavy (non-hydrogen) atoms. The summed E-state index contributed by atoms with van der Waals surface area (Å²) in [5, 5.41) is 7.39. The fourth-order valence-electron chi connectivity index (χ4n) is 3.69. The highest BCUT2D eigenvalue weighted by Gasteiger charge is 2.23. The summed E-state index contributed by atoms with van der Waals surface area (Å²) >= 11 is 0. The van der Waals surface area contributed by atoms with Gasteiger partial charge in [-0.25, -0.2) is 9.97 Å². The van der Waals surface area contributed by atoms with Crippen molar-refractivity contribution in [3.63, 3.8) is 0 Å². The number of pyridine rings is 2. The first-order valence-corrected chi connectivity index (χ1v) is 9.78. The Morgan fingerprint density at radius 2 is 1.73 bits per heavy atom. The monoisotopic (exact) mass is 396 g/mol. The fourth-order valence-corrected chi connectivity index (χ4v) is 3.69. The molecule has 0 saturated carbocycles. The molecule has 0 aliphatic rings. The van der Waals surface area contributed by atoms with Gasteiger partial charge in [-0.2, -0.15) is 0 Å². The second kappa shape index (κ2) is 6.88. The molecule has 0 radical (unpaired) electrons. The largest absolute Gasteiger partial charge is 0.300 e. The number of aromatic amines is 2. The molecule has 0 saturated heterocycles. The maximum atomic E-state index is 13.0. The molecule has 0 aliphatic heterocycles. The predicted molar refractivity (Wildman–Crippen MR) is 115 cm³/mol. The smallest absolute Gasteiger partial charge is 0.208 e. The third kappa shape index (κ3) is 3.04. The van der Waals surface area contributed by atoms with Gasteiger partial charge >= 0.3 is 0 Å². The molecule has 5 rings (SSSR count). The van der Waals surface area contributed by atoms with E-state index >= 15 is 0 Å². The van der Waals surface area contributed by atoms with Gasteiger partial charge in [0.1, 0.15) is 0 Å². The molecule has 0 bridgehead atoms. The van der Waals surface area contributed by atoms with Crippen LogP contribution in [-0.4, -0.2) is 35.9 Å². The summed E-state index contributed by atoms with van der Waals surface area (Å²) < 4.78 is 0. The lowest BCUT2D eigenvalue weighted by Gasteiger charge is -2.08. The van der Waals surface area contributed by atoms with Crippen molar-refractivity contribution in [2.75, 3.05) is 0 Å². The topological polar surface area (TPSA) is 100 Å². The first kappa shape index (κ1) is 18.2. The van der Waals surface area contributed by atoms with Crippen molar-refractivity contribution in [2.24, 2.45) is 0 Å². The normalized spacial score (nSPS) is 12.5. The molecular weight excluding hydrogens is 376 g/mol. The summed E-state index contributed by atoms with van der Waals surface area (Å²) in [5.41, 5.74) is 6.80. The van der Waals surface area contributed by atoms with E-state index in [4.69, 9.17) is 0 Å². The second-order valence-electron chi connectivity index (χ2n) is 7.53. The molecule has 0 aliphatic carbocycles. The zero-order valence-corrected chi connectivity index (χ0v) is 16.9. The van der Waals surface area contributed by atoms with E-state index in [-0.39, 0.29) is 11.6 Å². The minimum atomic E-state index is -0.407. The zero-order valence-electron chi connectivity index (χ0n) is 16.9. The Labute approximate surface area is 172 Å². The Kier molecular flexibility index (Phi) is 4.17. The van der Waals surface area contributed by atoms with Crippen LogP contribution in [0, 0.1) is 13.8 Å². The van der Waals surface area contributed by atoms with Gasteiger partial charge in [-0.05, 0) is 57.2 Å². The summed E-state index contributed by atoms with van der Waals surface area (Å²) in [4.78, 5) is 30.8. The number of aryl methyl sites for hydroxylation is 2. The second-order valence-corrected chi connectivity index (χ2v) is 7.53. The molecule has 148 valence electrons. The number of carbonyl (C=O) groups excluding carboxylic acids is 1. The number of hydrogen-bond donors (Lipinski definition) is 2. The van der Waals surface area contributed by atoms with E-state index in [1.807, 2.05) is 63.2 Å². The maximum Gasteiger partial charge on any atom is 0.208 e. The average Bonchev–Trinajstić information content (AvgIpc) is 3.34. The van der Waals surface area contributed by atoms with E-state index in [1.54, 1.807) is 6.20 Å². The minimum absolute atomic E-state index is 0.135. The van der Waals surface area contributed by atoms with Crippen LogP contribution in [0.4, 0.5) is 0 Å². The predicted octanol–water partition coefficient (Wildman–Crippen LogP) is 4.50. The van der Waals surface area contributed by atoms with Crippen molar-refractivity contribution in [2.45, 2.75) is 26.7 Å². The quantitative estimate of drug-likeness (QED) is 0.436. The average molecular weight is 396 g/mol. The van der Waals surface area contributed by atoms with Crippen LogP contribution in [0.15, 0.2) is 48.7 Å². The van der Waals surface area contributed by atoms with Crippen LogP contribution >= 0.6 is 0 Å². The Balaban J connectivity index is 1.56. The molecule has 0 unspecified atom stereocenters. The summed E-state index contributed by atoms with van der Waals surface area (Å²) in [7, 11) is 0. The molecule has 7 heteroatoms. The molecule has 4 heterocycles. The molecule has 0 spiro atoms. The standard InChI is InChI=1S/C23H20N6O/c1-12-5-4-6-17(25-12)14(3)22(30)23-26-19-10-16-18(11-20(19)27-23)28-29-21(16)15-7-8-24-13(2)9-15/h4-11,14,28-29H,1-3H3/t14-/m1/s1. The van der Waals surface area contributed by atoms with Gasteiger partial charge < -0.3 is 5.10 Å². The minimum Gasteiger partial charge on any atom is -0.300 e. The van der Waals surface area contributed by atoms with Crippen molar-refractivity contribution in [1.29, 1.82) is 0 Å². The van der Waals surface area contributed by atoms with Crippen LogP contribution < -0.4 is 0 Å². The van der Waals surface area contributed by atoms with Crippen molar-refractivity contribution >= 4 is 27.7 Å². The third-order valence-corrected chi connectivity index (χ3v) is 5.31. The van der Waals surface area contributed by atoms with Gasteiger partial charge in [0.15, 0.2) is 5.82 Å². The number of fused-ring (bicyclic) bond motifs is 2.